The fourth-order valence-corrected chi connectivity index (χ4v) is 4.55. The van der Waals surface area contributed by atoms with E-state index in [4.69, 9.17) is 11.6 Å². The minimum absolute atomic E-state index is 0.278. The first kappa shape index (κ1) is 22.0. The van der Waals surface area contributed by atoms with Crippen LogP contribution < -0.4 is 0 Å². The standard InChI is InChI=1S/C26H24ClF2N3O/c1-16-7-9-32(15-26(16,28)29)25(33)19-4-5-22(23(27)11-19)21-10-20(13-30-14-21)18-6-8-31-24(12-18)17-2-3-17/h4-6,8,10-14,16-17H,2-3,7,9,15H2,1H3. The van der Waals surface area contributed by atoms with E-state index in [-0.39, 0.29) is 6.42 Å². The molecule has 1 aliphatic heterocycles. The Morgan fingerprint density at radius 2 is 1.85 bits per heavy atom. The van der Waals surface area contributed by atoms with E-state index in [0.29, 0.717) is 23.0 Å². The van der Waals surface area contributed by atoms with Crippen LogP contribution in [0, 0.1) is 5.92 Å². The summed E-state index contributed by atoms with van der Waals surface area (Å²) in [6.07, 6.45) is 8.00. The normalized spacial score (nSPS) is 20.0. The maximum Gasteiger partial charge on any atom is 0.267 e. The predicted molar refractivity (Wildman–Crippen MR) is 125 cm³/mol. The average Bonchev–Trinajstić information content (AvgIpc) is 3.66. The molecular weight excluding hydrogens is 444 g/mol. The Labute approximate surface area is 196 Å². The fourth-order valence-electron chi connectivity index (χ4n) is 4.26. The molecule has 2 fully saturated rings. The summed E-state index contributed by atoms with van der Waals surface area (Å²) in [6, 6.07) is 11.0. The molecule has 170 valence electrons. The Bertz CT molecular complexity index is 1210. The number of carbonyl (C=O) groups excluding carboxylic acids is 1. The summed E-state index contributed by atoms with van der Waals surface area (Å²) in [5.74, 6) is -3.47. The first-order chi connectivity index (χ1) is 15.8. The van der Waals surface area contributed by atoms with Gasteiger partial charge >= 0.3 is 0 Å². The van der Waals surface area contributed by atoms with Crippen LogP contribution in [0.5, 0.6) is 0 Å². The van der Waals surface area contributed by atoms with E-state index < -0.39 is 24.3 Å². The number of amides is 1. The first-order valence-corrected chi connectivity index (χ1v) is 11.6. The number of carbonyl (C=O) groups is 1. The second-order valence-corrected chi connectivity index (χ2v) is 9.49. The van der Waals surface area contributed by atoms with Crippen LogP contribution >= 0.6 is 11.6 Å². The maximum atomic E-state index is 14.1. The summed E-state index contributed by atoms with van der Waals surface area (Å²) in [4.78, 5) is 22.9. The van der Waals surface area contributed by atoms with Gasteiger partial charge in [-0.2, -0.15) is 0 Å². The zero-order valence-electron chi connectivity index (χ0n) is 18.3. The SMILES string of the molecule is CC1CCN(C(=O)c2ccc(-c3cncc(-c4ccnc(C5CC5)c4)c3)c(Cl)c2)CC1(F)F. The molecule has 3 aromatic rings. The van der Waals surface area contributed by atoms with Crippen molar-refractivity contribution in [2.45, 2.75) is 38.0 Å². The fraction of sp³-hybridized carbons (Fsp3) is 0.346. The third-order valence-corrected chi connectivity index (χ3v) is 6.93. The Kier molecular flexibility index (Phi) is 5.65. The summed E-state index contributed by atoms with van der Waals surface area (Å²) in [5.41, 5.74) is 4.97. The molecule has 4 nitrogen and oxygen atoms in total. The predicted octanol–water partition coefficient (Wildman–Crippen LogP) is 6.46. The highest BCUT2D eigenvalue weighted by atomic mass is 35.5. The maximum absolute atomic E-state index is 14.1. The lowest BCUT2D eigenvalue weighted by Crippen LogP contribution is -2.49. The number of benzene rings is 1. The van der Waals surface area contributed by atoms with Gasteiger partial charge in [-0.05, 0) is 55.2 Å². The van der Waals surface area contributed by atoms with Crippen molar-refractivity contribution >= 4 is 17.5 Å². The van der Waals surface area contributed by atoms with Crippen LogP contribution in [0.1, 0.15) is 48.2 Å². The summed E-state index contributed by atoms with van der Waals surface area (Å²) in [6.45, 7) is 1.27. The molecule has 5 rings (SSSR count). The van der Waals surface area contributed by atoms with Crippen molar-refractivity contribution in [1.29, 1.82) is 0 Å². The van der Waals surface area contributed by atoms with Crippen molar-refractivity contribution < 1.29 is 13.6 Å². The smallest absolute Gasteiger partial charge is 0.267 e. The lowest BCUT2D eigenvalue weighted by Gasteiger charge is -2.36. The van der Waals surface area contributed by atoms with Crippen LogP contribution in [0.2, 0.25) is 5.02 Å². The summed E-state index contributed by atoms with van der Waals surface area (Å²) in [5, 5.41) is 0.380. The Balaban J connectivity index is 1.39. The van der Waals surface area contributed by atoms with Crippen LogP contribution in [0.3, 0.4) is 0 Å². The average molecular weight is 468 g/mol. The zero-order chi connectivity index (χ0) is 23.2. The molecular formula is C26H24ClF2N3O. The number of alkyl halides is 2. The van der Waals surface area contributed by atoms with Crippen molar-refractivity contribution in [2.75, 3.05) is 13.1 Å². The minimum atomic E-state index is -2.88. The Morgan fingerprint density at radius 3 is 2.58 bits per heavy atom. The van der Waals surface area contributed by atoms with Crippen LogP contribution in [-0.4, -0.2) is 39.8 Å². The van der Waals surface area contributed by atoms with Gasteiger partial charge < -0.3 is 4.90 Å². The molecule has 2 aromatic heterocycles. The first-order valence-electron chi connectivity index (χ1n) is 11.2. The summed E-state index contributed by atoms with van der Waals surface area (Å²) < 4.78 is 28.2. The van der Waals surface area contributed by atoms with Crippen molar-refractivity contribution in [1.82, 2.24) is 14.9 Å². The number of rotatable bonds is 4. The van der Waals surface area contributed by atoms with Gasteiger partial charge in [0.2, 0.25) is 0 Å². The van der Waals surface area contributed by atoms with Gasteiger partial charge in [0.15, 0.2) is 0 Å². The van der Waals surface area contributed by atoms with E-state index in [1.54, 1.807) is 30.6 Å². The molecule has 7 heteroatoms. The lowest BCUT2D eigenvalue weighted by atomic mass is 9.94. The van der Waals surface area contributed by atoms with E-state index >= 15 is 0 Å². The van der Waals surface area contributed by atoms with E-state index in [9.17, 15) is 13.6 Å². The number of pyridine rings is 2. The van der Waals surface area contributed by atoms with Gasteiger partial charge in [-0.1, -0.05) is 24.6 Å². The molecule has 3 heterocycles. The molecule has 0 radical (unpaired) electrons. The molecule has 1 amide bonds. The second-order valence-electron chi connectivity index (χ2n) is 9.08. The Hall–Kier alpha value is -2.86. The Morgan fingerprint density at radius 1 is 1.06 bits per heavy atom. The molecule has 2 aliphatic rings. The number of halogens is 3. The quantitative estimate of drug-likeness (QED) is 0.442. The number of likely N-dealkylation sites (tertiary alicyclic amines) is 1. The van der Waals surface area contributed by atoms with E-state index in [0.717, 1.165) is 27.9 Å². The monoisotopic (exact) mass is 467 g/mol. The van der Waals surface area contributed by atoms with Crippen molar-refractivity contribution in [3.05, 3.63) is 71.3 Å². The molecule has 1 aromatic carbocycles. The molecule has 1 unspecified atom stereocenters. The number of hydrogen-bond donors (Lipinski definition) is 0. The van der Waals surface area contributed by atoms with Crippen molar-refractivity contribution in [3.63, 3.8) is 0 Å². The van der Waals surface area contributed by atoms with Gasteiger partial charge in [0.1, 0.15) is 0 Å². The molecule has 0 N–H and O–H groups in total. The summed E-state index contributed by atoms with van der Waals surface area (Å²) >= 11 is 6.54. The molecule has 0 spiro atoms. The topological polar surface area (TPSA) is 46.1 Å². The van der Waals surface area contributed by atoms with E-state index in [2.05, 4.69) is 16.0 Å². The highest BCUT2D eigenvalue weighted by Gasteiger charge is 2.43. The molecule has 1 atom stereocenters. The molecule has 0 bridgehead atoms. The number of aromatic nitrogens is 2. The molecule has 33 heavy (non-hydrogen) atoms. The molecule has 1 saturated heterocycles. The van der Waals surface area contributed by atoms with Crippen LogP contribution in [0.25, 0.3) is 22.3 Å². The van der Waals surface area contributed by atoms with Crippen LogP contribution in [-0.2, 0) is 0 Å². The molecule has 1 saturated carbocycles. The zero-order valence-corrected chi connectivity index (χ0v) is 19.0. The number of piperidine rings is 1. The lowest BCUT2D eigenvalue weighted by molar-refractivity contribution is -0.0957. The van der Waals surface area contributed by atoms with E-state index in [1.165, 1.54) is 24.7 Å². The minimum Gasteiger partial charge on any atom is -0.333 e. The van der Waals surface area contributed by atoms with Gasteiger partial charge in [0.25, 0.3) is 11.8 Å². The third kappa shape index (κ3) is 4.49. The van der Waals surface area contributed by atoms with Crippen molar-refractivity contribution in [2.24, 2.45) is 5.92 Å². The van der Waals surface area contributed by atoms with Crippen LogP contribution in [0.4, 0.5) is 8.78 Å². The van der Waals surface area contributed by atoms with Gasteiger partial charge in [0, 0.05) is 69.9 Å². The van der Waals surface area contributed by atoms with Gasteiger partial charge in [0.05, 0.1) is 6.54 Å². The third-order valence-electron chi connectivity index (χ3n) is 6.62. The second kappa shape index (κ2) is 8.49. The largest absolute Gasteiger partial charge is 0.333 e. The van der Waals surface area contributed by atoms with E-state index in [1.807, 2.05) is 18.3 Å². The van der Waals surface area contributed by atoms with Gasteiger partial charge in [-0.25, -0.2) is 8.78 Å². The van der Waals surface area contributed by atoms with Crippen molar-refractivity contribution in [3.8, 4) is 22.3 Å². The highest BCUT2D eigenvalue weighted by molar-refractivity contribution is 6.33. The van der Waals surface area contributed by atoms with Crippen LogP contribution in [0.15, 0.2) is 55.0 Å². The number of nitrogens with zero attached hydrogens (tertiary/aromatic N) is 3. The van der Waals surface area contributed by atoms with Gasteiger partial charge in [-0.3, -0.25) is 14.8 Å². The summed E-state index contributed by atoms with van der Waals surface area (Å²) in [7, 11) is 0. The van der Waals surface area contributed by atoms with Gasteiger partial charge in [-0.15, -0.1) is 0 Å². The highest BCUT2D eigenvalue weighted by Crippen LogP contribution is 2.40. The molecule has 1 aliphatic carbocycles. The number of hydrogen-bond acceptors (Lipinski definition) is 3.